The summed E-state index contributed by atoms with van der Waals surface area (Å²) in [6.07, 6.45) is 8.86. The molecule has 0 saturated heterocycles. The number of nitriles is 2. The molecule has 6 heteroatoms. The third-order valence-electron chi connectivity index (χ3n) is 1.36. The maximum absolute atomic E-state index is 8.19. The summed E-state index contributed by atoms with van der Waals surface area (Å²) >= 11 is 0. The maximum Gasteiger partial charge on any atom is 0.158 e. The second kappa shape index (κ2) is 6.57. The fourth-order valence-electron chi connectivity index (χ4n) is 0.714. The minimum atomic E-state index is 0.354. The van der Waals surface area contributed by atoms with E-state index in [-0.39, 0.29) is 0 Å². The van der Waals surface area contributed by atoms with E-state index in [9.17, 15) is 0 Å². The van der Waals surface area contributed by atoms with Crippen LogP contribution < -0.4 is 0 Å². The smallest absolute Gasteiger partial charge is 0.158 e. The Morgan fingerprint density at radius 2 is 1.19 bits per heavy atom. The van der Waals surface area contributed by atoms with Gasteiger partial charge in [-0.1, -0.05) is 0 Å². The van der Waals surface area contributed by atoms with E-state index < -0.39 is 0 Å². The van der Waals surface area contributed by atoms with Gasteiger partial charge in [-0.05, 0) is 0 Å². The van der Waals surface area contributed by atoms with Crippen LogP contribution in [0.15, 0.2) is 37.2 Å². The van der Waals surface area contributed by atoms with Gasteiger partial charge in [-0.25, -0.2) is 9.97 Å². The molecule has 2 aromatic heterocycles. The van der Waals surface area contributed by atoms with Crippen molar-refractivity contribution in [2.45, 2.75) is 0 Å². The van der Waals surface area contributed by atoms with Gasteiger partial charge in [0.25, 0.3) is 0 Å². The molecule has 0 bridgehead atoms. The second-order valence-electron chi connectivity index (χ2n) is 2.40. The highest BCUT2D eigenvalue weighted by Gasteiger charge is 1.83. The van der Waals surface area contributed by atoms with E-state index >= 15 is 0 Å². The molecule has 2 aromatic rings. The largest absolute Gasteiger partial charge is 0.260 e. The van der Waals surface area contributed by atoms with Crippen molar-refractivity contribution in [3.05, 3.63) is 48.6 Å². The van der Waals surface area contributed by atoms with Crippen LogP contribution in [0.25, 0.3) is 0 Å². The molecule has 0 spiro atoms. The molecule has 16 heavy (non-hydrogen) atoms. The van der Waals surface area contributed by atoms with Gasteiger partial charge < -0.3 is 0 Å². The van der Waals surface area contributed by atoms with Crippen molar-refractivity contribution in [1.29, 1.82) is 10.5 Å². The highest BCUT2D eigenvalue weighted by molar-refractivity contribution is 5.14. The maximum atomic E-state index is 8.19. The molecule has 0 saturated carbocycles. The first-order valence-corrected chi connectivity index (χ1v) is 4.19. The summed E-state index contributed by atoms with van der Waals surface area (Å²) in [6.45, 7) is 0. The third-order valence-corrected chi connectivity index (χ3v) is 1.36. The molecular formula is C10H6N6. The Labute approximate surface area is 91.9 Å². The first-order valence-electron chi connectivity index (χ1n) is 4.19. The summed E-state index contributed by atoms with van der Waals surface area (Å²) in [4.78, 5) is 14.7. The highest BCUT2D eigenvalue weighted by atomic mass is 14.8. The Balaban J connectivity index is 0.000000160. The van der Waals surface area contributed by atoms with Gasteiger partial charge in [-0.3, -0.25) is 9.97 Å². The molecule has 0 radical (unpaired) electrons. The van der Waals surface area contributed by atoms with Crippen molar-refractivity contribution >= 4 is 0 Å². The van der Waals surface area contributed by atoms with Crippen molar-refractivity contribution in [2.75, 3.05) is 0 Å². The van der Waals surface area contributed by atoms with E-state index in [4.69, 9.17) is 10.5 Å². The quantitative estimate of drug-likeness (QED) is 0.634. The lowest BCUT2D eigenvalue weighted by Gasteiger charge is -1.79. The first kappa shape index (κ1) is 11.2. The predicted molar refractivity (Wildman–Crippen MR) is 53.5 cm³/mol. The van der Waals surface area contributed by atoms with Gasteiger partial charge in [0.1, 0.15) is 12.1 Å². The van der Waals surface area contributed by atoms with Crippen LogP contribution in [0.5, 0.6) is 0 Å². The molecule has 6 nitrogen and oxygen atoms in total. The summed E-state index contributed by atoms with van der Waals surface area (Å²) in [5, 5.41) is 16.4. The fraction of sp³-hybridized carbons (Fsp3) is 0. The van der Waals surface area contributed by atoms with E-state index in [0.29, 0.717) is 11.4 Å². The Bertz CT molecular complexity index is 447. The van der Waals surface area contributed by atoms with Crippen LogP contribution in [0.2, 0.25) is 0 Å². The Morgan fingerprint density at radius 1 is 0.750 bits per heavy atom. The zero-order chi connectivity index (χ0) is 11.6. The van der Waals surface area contributed by atoms with Gasteiger partial charge in [0.2, 0.25) is 0 Å². The van der Waals surface area contributed by atoms with Gasteiger partial charge in [0.05, 0.1) is 12.4 Å². The standard InChI is InChI=1S/2C5H3N3/c2*6-3-5-4-7-1-2-8-5/h2*1-2,4H. The van der Waals surface area contributed by atoms with Crippen LogP contribution in [0.1, 0.15) is 11.4 Å². The summed E-state index contributed by atoms with van der Waals surface area (Å²) < 4.78 is 0. The van der Waals surface area contributed by atoms with Crippen LogP contribution >= 0.6 is 0 Å². The summed E-state index contributed by atoms with van der Waals surface area (Å²) in [5.41, 5.74) is 0.708. The van der Waals surface area contributed by atoms with Gasteiger partial charge in [-0.15, -0.1) is 0 Å². The van der Waals surface area contributed by atoms with E-state index in [0.717, 1.165) is 0 Å². The molecule has 0 atom stereocenters. The van der Waals surface area contributed by atoms with Crippen molar-refractivity contribution < 1.29 is 0 Å². The lowest BCUT2D eigenvalue weighted by Crippen LogP contribution is -1.79. The summed E-state index contributed by atoms with van der Waals surface area (Å²) in [6, 6.07) is 3.71. The SMILES string of the molecule is N#Cc1cnccn1.N#Cc1cnccn1. The van der Waals surface area contributed by atoms with Crippen LogP contribution in [0.4, 0.5) is 0 Å². The van der Waals surface area contributed by atoms with Crippen LogP contribution in [-0.2, 0) is 0 Å². The fourth-order valence-corrected chi connectivity index (χ4v) is 0.714. The second-order valence-corrected chi connectivity index (χ2v) is 2.40. The molecule has 0 fully saturated rings. The zero-order valence-electron chi connectivity index (χ0n) is 8.15. The molecular weight excluding hydrogens is 204 g/mol. The van der Waals surface area contributed by atoms with Crippen molar-refractivity contribution in [2.24, 2.45) is 0 Å². The normalized spacial score (nSPS) is 7.88. The molecule has 2 heterocycles. The molecule has 0 aliphatic heterocycles. The molecule has 0 aromatic carbocycles. The Morgan fingerprint density at radius 3 is 1.38 bits per heavy atom. The van der Waals surface area contributed by atoms with Crippen LogP contribution in [0, 0.1) is 22.7 Å². The summed E-state index contributed by atoms with van der Waals surface area (Å²) in [5.74, 6) is 0. The van der Waals surface area contributed by atoms with Gasteiger partial charge in [0.15, 0.2) is 11.4 Å². The van der Waals surface area contributed by atoms with Gasteiger partial charge >= 0.3 is 0 Å². The Hall–Kier alpha value is -2.86. The van der Waals surface area contributed by atoms with Crippen molar-refractivity contribution in [3.8, 4) is 12.1 Å². The molecule has 0 unspecified atom stereocenters. The van der Waals surface area contributed by atoms with E-state index in [1.165, 1.54) is 37.2 Å². The molecule has 0 amide bonds. The highest BCUT2D eigenvalue weighted by Crippen LogP contribution is 1.83. The van der Waals surface area contributed by atoms with Gasteiger partial charge in [0, 0.05) is 24.8 Å². The third kappa shape index (κ3) is 3.90. The molecule has 2 rings (SSSR count). The first-order chi connectivity index (χ1) is 7.86. The van der Waals surface area contributed by atoms with Gasteiger partial charge in [-0.2, -0.15) is 10.5 Å². The Kier molecular flexibility index (Phi) is 4.61. The lowest BCUT2D eigenvalue weighted by atomic mass is 10.5. The number of nitrogens with zero attached hydrogens (tertiary/aromatic N) is 6. The number of hydrogen-bond acceptors (Lipinski definition) is 6. The topological polar surface area (TPSA) is 99.1 Å². The molecule has 0 aliphatic carbocycles. The molecule has 0 N–H and O–H groups in total. The van der Waals surface area contributed by atoms with E-state index in [1.807, 2.05) is 12.1 Å². The lowest BCUT2D eigenvalue weighted by molar-refractivity contribution is 1.16. The average molecular weight is 210 g/mol. The minimum absolute atomic E-state index is 0.354. The van der Waals surface area contributed by atoms with Crippen LogP contribution in [-0.4, -0.2) is 19.9 Å². The number of hydrogen-bond donors (Lipinski definition) is 0. The number of aromatic nitrogens is 4. The van der Waals surface area contributed by atoms with Crippen molar-refractivity contribution in [3.63, 3.8) is 0 Å². The zero-order valence-corrected chi connectivity index (χ0v) is 8.15. The number of rotatable bonds is 0. The van der Waals surface area contributed by atoms with E-state index in [1.54, 1.807) is 0 Å². The minimum Gasteiger partial charge on any atom is -0.260 e. The summed E-state index contributed by atoms with van der Waals surface area (Å²) in [7, 11) is 0. The van der Waals surface area contributed by atoms with Crippen LogP contribution in [0.3, 0.4) is 0 Å². The molecule has 76 valence electrons. The van der Waals surface area contributed by atoms with E-state index in [2.05, 4.69) is 19.9 Å². The monoisotopic (exact) mass is 210 g/mol. The van der Waals surface area contributed by atoms with Crippen molar-refractivity contribution in [1.82, 2.24) is 19.9 Å². The molecule has 0 aliphatic rings. The predicted octanol–water partition coefficient (Wildman–Crippen LogP) is 0.697. The average Bonchev–Trinajstić information content (AvgIpc) is 2.41.